The second-order valence-corrected chi connectivity index (χ2v) is 11.5. The maximum Gasteiger partial charge on any atom is 0.149 e. The summed E-state index contributed by atoms with van der Waals surface area (Å²) in [5.41, 5.74) is 9.43. The van der Waals surface area contributed by atoms with Gasteiger partial charge in [0.2, 0.25) is 0 Å². The van der Waals surface area contributed by atoms with Crippen LogP contribution in [0.1, 0.15) is 56.9 Å². The second kappa shape index (κ2) is 14.6. The average Bonchev–Trinajstić information content (AvgIpc) is 3.47. The number of benzene rings is 2. The Hall–Kier alpha value is -3.45. The highest BCUT2D eigenvalue weighted by Crippen LogP contribution is 2.33. The zero-order valence-corrected chi connectivity index (χ0v) is 24.3. The minimum Gasteiger partial charge on any atom is -0.394 e. The number of anilines is 2. The third kappa shape index (κ3) is 7.30. The minimum atomic E-state index is -0.542. The van der Waals surface area contributed by atoms with Gasteiger partial charge in [-0.15, -0.1) is 5.10 Å². The summed E-state index contributed by atoms with van der Waals surface area (Å²) in [5, 5.41) is 26.8. The maximum absolute atomic E-state index is 14.7. The first kappa shape index (κ1) is 30.0. The predicted molar refractivity (Wildman–Crippen MR) is 164 cm³/mol. The van der Waals surface area contributed by atoms with Crippen molar-refractivity contribution in [3.63, 3.8) is 0 Å². The van der Waals surface area contributed by atoms with Crippen LogP contribution in [0.5, 0.6) is 0 Å². The van der Waals surface area contributed by atoms with Crippen molar-refractivity contribution in [3.05, 3.63) is 59.9 Å². The number of nitrogens with zero attached hydrogens (tertiary/aromatic N) is 4. The number of nitrogens with two attached hydrogens (primary N) is 1. The Morgan fingerprint density at radius 2 is 1.79 bits per heavy atom. The van der Waals surface area contributed by atoms with Crippen LogP contribution in [0.2, 0.25) is 0 Å². The molecule has 42 heavy (non-hydrogen) atoms. The van der Waals surface area contributed by atoms with E-state index in [1.165, 1.54) is 44.2 Å². The molecule has 2 aliphatic rings. The number of aliphatic hydroxyl groups excluding tert-OH is 1. The topological polar surface area (TPSA) is 112 Å². The molecule has 1 saturated carbocycles. The van der Waals surface area contributed by atoms with Gasteiger partial charge in [0, 0.05) is 37.0 Å². The second-order valence-electron chi connectivity index (χ2n) is 11.5. The highest BCUT2D eigenvalue weighted by Gasteiger charge is 2.24. The van der Waals surface area contributed by atoms with Crippen LogP contribution in [-0.4, -0.2) is 60.4 Å². The lowest BCUT2D eigenvalue weighted by molar-refractivity contribution is 0.0159. The Morgan fingerprint density at radius 1 is 1.05 bits per heavy atom. The summed E-state index contributed by atoms with van der Waals surface area (Å²) in [6.07, 6.45) is 9.46. The first-order chi connectivity index (χ1) is 20.6. The van der Waals surface area contributed by atoms with E-state index in [0.29, 0.717) is 30.6 Å². The van der Waals surface area contributed by atoms with Crippen LogP contribution in [0.25, 0.3) is 16.9 Å². The summed E-state index contributed by atoms with van der Waals surface area (Å²) in [6.45, 7) is 3.71. The van der Waals surface area contributed by atoms with E-state index < -0.39 is 5.82 Å². The molecule has 8 nitrogen and oxygen atoms in total. The van der Waals surface area contributed by atoms with Crippen LogP contribution in [-0.2, 0) is 4.74 Å². The van der Waals surface area contributed by atoms with E-state index in [-0.39, 0.29) is 18.3 Å². The number of nitrogens with one attached hydrogen (secondary N) is 1. The monoisotopic (exact) mass is 574 g/mol. The molecule has 1 saturated heterocycles. The van der Waals surface area contributed by atoms with E-state index in [1.54, 1.807) is 6.07 Å². The number of aromatic nitrogens is 2. The molecule has 5 rings (SSSR count). The van der Waals surface area contributed by atoms with E-state index in [4.69, 9.17) is 20.7 Å². The predicted octanol–water partition coefficient (Wildman–Crippen LogP) is 5.48. The summed E-state index contributed by atoms with van der Waals surface area (Å²) in [6, 6.07) is 16.9. The minimum absolute atomic E-state index is 0.0233. The van der Waals surface area contributed by atoms with Crippen molar-refractivity contribution in [2.45, 2.75) is 57.5 Å². The highest BCUT2D eigenvalue weighted by molar-refractivity contribution is 5.67. The van der Waals surface area contributed by atoms with E-state index in [0.717, 1.165) is 61.8 Å². The Labute approximate surface area is 248 Å². The van der Waals surface area contributed by atoms with Gasteiger partial charge in [-0.25, -0.2) is 9.07 Å². The highest BCUT2D eigenvalue weighted by atomic mass is 19.1. The number of piperidine rings is 1. The van der Waals surface area contributed by atoms with Crippen molar-refractivity contribution in [1.82, 2.24) is 9.78 Å². The van der Waals surface area contributed by atoms with Gasteiger partial charge in [-0.05, 0) is 74.0 Å². The van der Waals surface area contributed by atoms with Gasteiger partial charge >= 0.3 is 0 Å². The fourth-order valence-electron chi connectivity index (χ4n) is 6.50. The Kier molecular flexibility index (Phi) is 10.5. The quantitative estimate of drug-likeness (QED) is 0.262. The van der Waals surface area contributed by atoms with E-state index >= 15 is 0 Å². The first-order valence-corrected chi connectivity index (χ1v) is 15.4. The molecule has 2 fully saturated rings. The lowest BCUT2D eigenvalue weighted by Gasteiger charge is -2.33. The van der Waals surface area contributed by atoms with Crippen LogP contribution in [0, 0.1) is 29.0 Å². The molecule has 3 aromatic rings. The molecule has 1 aliphatic heterocycles. The lowest BCUT2D eigenvalue weighted by atomic mass is 9.78. The van der Waals surface area contributed by atoms with Crippen molar-refractivity contribution in [2.75, 3.05) is 49.6 Å². The van der Waals surface area contributed by atoms with Gasteiger partial charge in [-0.2, -0.15) is 5.26 Å². The van der Waals surface area contributed by atoms with Gasteiger partial charge in [-0.1, -0.05) is 38.2 Å². The summed E-state index contributed by atoms with van der Waals surface area (Å²) in [7, 11) is 0. The van der Waals surface area contributed by atoms with Crippen LogP contribution in [0.15, 0.2) is 48.5 Å². The molecule has 0 spiro atoms. The molecule has 1 atom stereocenters. The molecule has 0 amide bonds. The number of rotatable bonds is 12. The number of hydrogen-bond acceptors (Lipinski definition) is 7. The normalized spacial score (nSPS) is 17.2. The average molecular weight is 575 g/mol. The summed E-state index contributed by atoms with van der Waals surface area (Å²) in [4.78, 5) is 2.35. The SMILES string of the molecule is N#Cc1ccc(-c2cc(NC[C@@H](CCN)C3CCCCC3)nn2-c2ccc(N3CCC(OCCO)CC3)cc2)cc1F. The fourth-order valence-corrected chi connectivity index (χ4v) is 6.50. The molecule has 1 aliphatic carbocycles. The Morgan fingerprint density at radius 3 is 2.45 bits per heavy atom. The standard InChI is InChI=1S/C33H43FN6O2/c34-31-20-25(6-7-26(31)22-36)32-21-33(37-23-27(12-15-35)24-4-2-1-3-5-24)38-40(32)29-10-8-28(9-11-29)39-16-13-30(14-17-39)42-19-18-41/h6-11,20-21,24,27,30,41H,1-5,12-19,23,35H2,(H,37,38)/t27-/m1/s1. The van der Waals surface area contributed by atoms with Crippen molar-refractivity contribution in [1.29, 1.82) is 5.26 Å². The third-order valence-corrected chi connectivity index (χ3v) is 8.84. The van der Waals surface area contributed by atoms with Crippen LogP contribution < -0.4 is 16.0 Å². The molecule has 2 aromatic carbocycles. The summed E-state index contributed by atoms with van der Waals surface area (Å²) in [5.74, 6) is 1.37. The third-order valence-electron chi connectivity index (χ3n) is 8.84. The molecule has 0 bridgehead atoms. The van der Waals surface area contributed by atoms with Crippen LogP contribution in [0.3, 0.4) is 0 Å². The van der Waals surface area contributed by atoms with Crippen molar-refractivity contribution in [3.8, 4) is 23.0 Å². The molecular weight excluding hydrogens is 531 g/mol. The number of halogens is 1. The smallest absolute Gasteiger partial charge is 0.149 e. The van der Waals surface area contributed by atoms with E-state index in [1.807, 2.05) is 29.0 Å². The molecular formula is C33H43FN6O2. The van der Waals surface area contributed by atoms with Crippen molar-refractivity contribution >= 4 is 11.5 Å². The zero-order chi connectivity index (χ0) is 29.3. The van der Waals surface area contributed by atoms with Gasteiger partial charge in [-0.3, -0.25) is 0 Å². The molecule has 9 heteroatoms. The van der Waals surface area contributed by atoms with Crippen molar-refractivity contribution < 1.29 is 14.2 Å². The Bertz CT molecular complexity index is 1320. The summed E-state index contributed by atoms with van der Waals surface area (Å²) >= 11 is 0. The van der Waals surface area contributed by atoms with Gasteiger partial charge in [0.15, 0.2) is 0 Å². The fraction of sp³-hybridized carbons (Fsp3) is 0.515. The number of aliphatic hydroxyl groups is 1. The Balaban J connectivity index is 1.36. The van der Waals surface area contributed by atoms with E-state index in [2.05, 4.69) is 22.3 Å². The number of ether oxygens (including phenoxy) is 1. The largest absolute Gasteiger partial charge is 0.394 e. The van der Waals surface area contributed by atoms with E-state index in [9.17, 15) is 9.65 Å². The molecule has 0 unspecified atom stereocenters. The molecule has 224 valence electrons. The summed E-state index contributed by atoms with van der Waals surface area (Å²) < 4.78 is 22.2. The van der Waals surface area contributed by atoms with Gasteiger partial charge < -0.3 is 25.8 Å². The van der Waals surface area contributed by atoms with Gasteiger partial charge in [0.25, 0.3) is 0 Å². The molecule has 0 radical (unpaired) electrons. The van der Waals surface area contributed by atoms with Gasteiger partial charge in [0.1, 0.15) is 17.7 Å². The maximum atomic E-state index is 14.7. The molecule has 1 aromatic heterocycles. The molecule has 4 N–H and O–H groups in total. The van der Waals surface area contributed by atoms with Crippen molar-refractivity contribution in [2.24, 2.45) is 17.6 Å². The number of hydrogen-bond donors (Lipinski definition) is 3. The van der Waals surface area contributed by atoms with Crippen LogP contribution in [0.4, 0.5) is 15.9 Å². The van der Waals surface area contributed by atoms with Crippen LogP contribution >= 0.6 is 0 Å². The van der Waals surface area contributed by atoms with Gasteiger partial charge in [0.05, 0.1) is 36.3 Å². The first-order valence-electron chi connectivity index (χ1n) is 15.4. The zero-order valence-electron chi connectivity index (χ0n) is 24.3. The molecule has 2 heterocycles. The lowest BCUT2D eigenvalue weighted by Crippen LogP contribution is -2.37. The number of nitriles is 1.